The second-order valence-corrected chi connectivity index (χ2v) is 9.61. The molecule has 2 N–H and O–H groups in total. The fourth-order valence-corrected chi connectivity index (χ4v) is 4.34. The second kappa shape index (κ2) is 14.6. The van der Waals surface area contributed by atoms with E-state index in [-0.39, 0.29) is 5.60 Å². The van der Waals surface area contributed by atoms with Crippen LogP contribution in [-0.4, -0.2) is 81.4 Å². The molecule has 0 bridgehead atoms. The lowest BCUT2D eigenvalue weighted by atomic mass is 9.79. The number of aromatic nitrogens is 2. The number of nitrogens with zero attached hydrogens (tertiary/aromatic N) is 3. The van der Waals surface area contributed by atoms with E-state index < -0.39 is 24.3 Å². The fourth-order valence-electron chi connectivity index (χ4n) is 4.34. The number of carbonyl (C=O) groups is 2. The van der Waals surface area contributed by atoms with Crippen molar-refractivity contribution in [3.05, 3.63) is 47.1 Å². The molecule has 41 heavy (non-hydrogen) atoms. The Morgan fingerprint density at radius 3 is 2.20 bits per heavy atom. The summed E-state index contributed by atoms with van der Waals surface area (Å²) in [6.07, 6.45) is -4.98. The summed E-state index contributed by atoms with van der Waals surface area (Å²) in [4.78, 5) is 24.5. The SMILES string of the molecule is Cc1noc(C)c1CN1CC2(CC(CCOCc3ccccn3)CCO2)C1.O=C(O)C(F)(F)F.O=C(O)C(F)(F)F. The monoisotopic (exact) mass is 599 g/mol. The fraction of sp³-hybridized carbons (Fsp3) is 0.600. The molecule has 16 heteroatoms. The van der Waals surface area contributed by atoms with Gasteiger partial charge in [-0.05, 0) is 51.2 Å². The lowest BCUT2D eigenvalue weighted by molar-refractivity contribution is -0.193. The van der Waals surface area contributed by atoms with Gasteiger partial charge in [0.05, 0.1) is 23.6 Å². The van der Waals surface area contributed by atoms with Gasteiger partial charge in [-0.3, -0.25) is 9.88 Å². The first-order valence-corrected chi connectivity index (χ1v) is 12.4. The Kier molecular flexibility index (Phi) is 12.1. The number of likely N-dealkylation sites (tertiary alicyclic amines) is 1. The van der Waals surface area contributed by atoms with E-state index in [1.54, 1.807) is 0 Å². The lowest BCUT2D eigenvalue weighted by Crippen LogP contribution is -2.64. The van der Waals surface area contributed by atoms with Gasteiger partial charge in [0, 0.05) is 44.6 Å². The molecule has 0 aliphatic carbocycles. The molecule has 1 atom stereocenters. The van der Waals surface area contributed by atoms with Crippen LogP contribution in [0, 0.1) is 19.8 Å². The van der Waals surface area contributed by atoms with Crippen LogP contribution >= 0.6 is 0 Å². The highest BCUT2D eigenvalue weighted by Crippen LogP contribution is 2.39. The van der Waals surface area contributed by atoms with Crippen LogP contribution in [0.15, 0.2) is 28.9 Å². The van der Waals surface area contributed by atoms with Gasteiger partial charge in [0.25, 0.3) is 0 Å². The maximum absolute atomic E-state index is 10.6. The number of carboxylic acids is 2. The largest absolute Gasteiger partial charge is 0.490 e. The molecule has 0 amide bonds. The van der Waals surface area contributed by atoms with Crippen molar-refractivity contribution in [3.8, 4) is 0 Å². The van der Waals surface area contributed by atoms with E-state index in [9.17, 15) is 26.3 Å². The van der Waals surface area contributed by atoms with Gasteiger partial charge in [-0.1, -0.05) is 11.2 Å². The Morgan fingerprint density at radius 1 is 1.10 bits per heavy atom. The number of ether oxygens (including phenoxy) is 2. The lowest BCUT2D eigenvalue weighted by Gasteiger charge is -2.53. The predicted molar refractivity (Wildman–Crippen MR) is 129 cm³/mol. The topological polar surface area (TPSA) is 135 Å². The number of rotatable bonds is 7. The van der Waals surface area contributed by atoms with Crippen molar-refractivity contribution in [1.82, 2.24) is 15.0 Å². The van der Waals surface area contributed by atoms with Crippen molar-refractivity contribution >= 4 is 11.9 Å². The van der Waals surface area contributed by atoms with Gasteiger partial charge >= 0.3 is 24.3 Å². The van der Waals surface area contributed by atoms with Crippen molar-refractivity contribution in [3.63, 3.8) is 0 Å². The Bertz CT molecular complexity index is 1080. The molecule has 2 aromatic rings. The van der Waals surface area contributed by atoms with Crippen LogP contribution in [0.1, 0.15) is 42.0 Å². The van der Waals surface area contributed by atoms with E-state index in [1.807, 2.05) is 38.2 Å². The van der Waals surface area contributed by atoms with Gasteiger partial charge in [0.2, 0.25) is 0 Å². The van der Waals surface area contributed by atoms with Gasteiger partial charge in [0.15, 0.2) is 0 Å². The molecule has 4 rings (SSSR count). The van der Waals surface area contributed by atoms with Gasteiger partial charge in [-0.15, -0.1) is 0 Å². The van der Waals surface area contributed by atoms with Crippen molar-refractivity contribution < 1.29 is 60.1 Å². The van der Waals surface area contributed by atoms with E-state index in [1.165, 1.54) is 5.56 Å². The van der Waals surface area contributed by atoms with E-state index in [0.29, 0.717) is 12.5 Å². The number of alkyl halides is 6. The molecule has 0 saturated carbocycles. The third kappa shape index (κ3) is 11.3. The molecule has 2 fully saturated rings. The smallest absolute Gasteiger partial charge is 0.475 e. The van der Waals surface area contributed by atoms with Crippen molar-refractivity contribution in [2.75, 3.05) is 26.3 Å². The standard InChI is InChI=1S/C21H29N3O3.2C2HF3O2/c1-16-20(17(2)27-23-16)12-24-14-21(15-24)11-18(7-10-26-21)6-9-25-13-19-5-3-4-8-22-19;2*3-2(4,5)1(6)7/h3-5,8,18H,6-7,9-15H2,1-2H3;2*(H,6,7). The molecule has 2 aromatic heterocycles. The van der Waals surface area contributed by atoms with E-state index >= 15 is 0 Å². The Balaban J connectivity index is 0.000000349. The predicted octanol–water partition coefficient (Wildman–Crippen LogP) is 4.54. The van der Waals surface area contributed by atoms with E-state index in [4.69, 9.17) is 33.8 Å². The third-order valence-electron chi connectivity index (χ3n) is 6.31. The quantitative estimate of drug-likeness (QED) is 0.345. The molecule has 10 nitrogen and oxygen atoms in total. The van der Waals surface area contributed by atoms with Crippen LogP contribution < -0.4 is 0 Å². The van der Waals surface area contributed by atoms with E-state index in [0.717, 1.165) is 69.3 Å². The summed E-state index contributed by atoms with van der Waals surface area (Å²) in [6.45, 7) is 9.17. The molecule has 1 unspecified atom stereocenters. The highest BCUT2D eigenvalue weighted by molar-refractivity contribution is 5.73. The van der Waals surface area contributed by atoms with Crippen LogP contribution in [0.5, 0.6) is 0 Å². The maximum Gasteiger partial charge on any atom is 0.490 e. The summed E-state index contributed by atoms with van der Waals surface area (Å²) in [6, 6.07) is 5.93. The summed E-state index contributed by atoms with van der Waals surface area (Å²) < 4.78 is 80.8. The number of hydrogen-bond donors (Lipinski definition) is 2. The highest BCUT2D eigenvalue weighted by atomic mass is 19.4. The molecule has 2 saturated heterocycles. The molecule has 0 aromatic carbocycles. The first-order valence-electron chi connectivity index (χ1n) is 12.4. The van der Waals surface area contributed by atoms with Crippen LogP contribution in [-0.2, 0) is 32.2 Å². The number of hydrogen-bond acceptors (Lipinski definition) is 8. The first kappa shape index (κ1) is 34.0. The number of aliphatic carboxylic acids is 2. The number of pyridine rings is 1. The molecule has 2 aliphatic rings. The molecular weight excluding hydrogens is 568 g/mol. The molecular formula is C25H31F6N3O7. The minimum Gasteiger partial charge on any atom is -0.475 e. The Morgan fingerprint density at radius 2 is 1.71 bits per heavy atom. The van der Waals surface area contributed by atoms with Crippen LogP contribution in [0.2, 0.25) is 0 Å². The van der Waals surface area contributed by atoms with Crippen molar-refractivity contribution in [2.24, 2.45) is 5.92 Å². The van der Waals surface area contributed by atoms with Crippen molar-refractivity contribution in [2.45, 2.75) is 64.2 Å². The van der Waals surface area contributed by atoms with E-state index in [2.05, 4.69) is 15.0 Å². The number of aryl methyl sites for hydroxylation is 2. The zero-order chi connectivity index (χ0) is 30.8. The zero-order valence-corrected chi connectivity index (χ0v) is 22.3. The normalized spacial score (nSPS) is 18.4. The summed E-state index contributed by atoms with van der Waals surface area (Å²) in [5.74, 6) is -3.90. The van der Waals surface area contributed by atoms with Gasteiger partial charge < -0.3 is 24.2 Å². The maximum atomic E-state index is 10.6. The Hall–Kier alpha value is -3.24. The van der Waals surface area contributed by atoms with Crippen LogP contribution in [0.3, 0.4) is 0 Å². The average molecular weight is 600 g/mol. The summed E-state index contributed by atoms with van der Waals surface area (Å²) in [5, 5.41) is 18.3. The highest BCUT2D eigenvalue weighted by Gasteiger charge is 2.47. The summed E-state index contributed by atoms with van der Waals surface area (Å²) in [5.41, 5.74) is 3.26. The van der Waals surface area contributed by atoms with Gasteiger partial charge in [0.1, 0.15) is 5.76 Å². The van der Waals surface area contributed by atoms with Crippen molar-refractivity contribution in [1.29, 1.82) is 0 Å². The zero-order valence-electron chi connectivity index (χ0n) is 22.3. The number of halogens is 6. The summed E-state index contributed by atoms with van der Waals surface area (Å²) in [7, 11) is 0. The molecule has 4 heterocycles. The second-order valence-electron chi connectivity index (χ2n) is 9.61. The van der Waals surface area contributed by atoms with Crippen LogP contribution in [0.4, 0.5) is 26.3 Å². The first-order chi connectivity index (χ1) is 19.0. The van der Waals surface area contributed by atoms with Crippen LogP contribution in [0.25, 0.3) is 0 Å². The third-order valence-corrected chi connectivity index (χ3v) is 6.31. The molecule has 0 radical (unpaired) electrons. The van der Waals surface area contributed by atoms with Gasteiger partial charge in [-0.25, -0.2) is 9.59 Å². The molecule has 230 valence electrons. The Labute approximate surface area is 231 Å². The average Bonchev–Trinajstić information content (AvgIpc) is 3.18. The summed E-state index contributed by atoms with van der Waals surface area (Å²) >= 11 is 0. The molecule has 2 aliphatic heterocycles. The van der Waals surface area contributed by atoms with Gasteiger partial charge in [-0.2, -0.15) is 26.3 Å². The minimum atomic E-state index is -5.08. The molecule has 1 spiro atoms. The minimum absolute atomic E-state index is 0.0445. The number of carboxylic acid groups (broad SMARTS) is 2.